The molecule has 37 heavy (non-hydrogen) atoms. The van der Waals surface area contributed by atoms with Crippen molar-refractivity contribution < 1.29 is 29.4 Å². The molecule has 4 unspecified atom stereocenters. The molecule has 12 nitrogen and oxygen atoms in total. The predicted molar refractivity (Wildman–Crippen MR) is 142 cm³/mol. The fourth-order valence-corrected chi connectivity index (χ4v) is 4.05. The van der Waals surface area contributed by atoms with Crippen molar-refractivity contribution in [3.05, 3.63) is 48.0 Å². The van der Waals surface area contributed by atoms with Gasteiger partial charge in [0.1, 0.15) is 23.9 Å². The second kappa shape index (κ2) is 15.1. The van der Waals surface area contributed by atoms with E-state index in [4.69, 9.17) is 5.73 Å². The van der Waals surface area contributed by atoms with Crippen molar-refractivity contribution in [2.45, 2.75) is 43.4 Å². The summed E-state index contributed by atoms with van der Waals surface area (Å²) in [7, 11) is 0. The lowest BCUT2D eigenvalue weighted by molar-refractivity contribution is -0.142. The topological polar surface area (TPSA) is 200 Å². The average molecular weight is 553 g/mol. The summed E-state index contributed by atoms with van der Waals surface area (Å²) in [5.41, 5.74) is 7.24. The maximum atomic E-state index is 12.9. The van der Waals surface area contributed by atoms with Crippen molar-refractivity contribution in [1.29, 1.82) is 0 Å². The number of carboxylic acid groups (broad SMARTS) is 1. The fraction of sp³-hybridized carbons (Fsp3) is 0.435. The van der Waals surface area contributed by atoms with E-state index in [2.05, 4.69) is 38.5 Å². The minimum Gasteiger partial charge on any atom is -0.508 e. The summed E-state index contributed by atoms with van der Waals surface area (Å²) in [6.45, 7) is 0. The maximum Gasteiger partial charge on any atom is 0.326 e. The number of H-pyrrole nitrogens is 1. The summed E-state index contributed by atoms with van der Waals surface area (Å²) in [6, 6.07) is 1.92. The number of aromatic amines is 1. The summed E-state index contributed by atoms with van der Waals surface area (Å²) in [5, 5.41) is 26.5. The highest BCUT2D eigenvalue weighted by Crippen LogP contribution is 2.11. The van der Waals surface area contributed by atoms with Gasteiger partial charge in [-0.1, -0.05) is 12.1 Å². The van der Waals surface area contributed by atoms with Gasteiger partial charge in [0.05, 0.1) is 12.4 Å². The quantitative estimate of drug-likeness (QED) is 0.134. The highest BCUT2D eigenvalue weighted by molar-refractivity contribution is 7.98. The van der Waals surface area contributed by atoms with Gasteiger partial charge in [-0.2, -0.15) is 24.4 Å². The number of thiol groups is 1. The van der Waals surface area contributed by atoms with Crippen molar-refractivity contribution in [3.8, 4) is 5.75 Å². The number of nitrogens with one attached hydrogen (secondary N) is 4. The second-order valence-electron chi connectivity index (χ2n) is 8.24. The number of carbonyl (C=O) groups excluding carboxylic acids is 3. The molecule has 0 aliphatic heterocycles. The molecule has 0 radical (unpaired) electrons. The first-order valence-electron chi connectivity index (χ1n) is 11.4. The van der Waals surface area contributed by atoms with Crippen LogP contribution in [-0.2, 0) is 32.0 Å². The monoisotopic (exact) mass is 552 g/mol. The Labute approximate surface area is 224 Å². The molecule has 202 valence electrons. The highest BCUT2D eigenvalue weighted by Gasteiger charge is 2.30. The van der Waals surface area contributed by atoms with Crippen LogP contribution in [0.4, 0.5) is 0 Å². The SMILES string of the molecule is CSCCC(NC(=O)C(CS)NC(=O)C(N)Cc1ccc(O)cc1)C(=O)NC(Cc1cnc[nH]1)C(=O)O. The summed E-state index contributed by atoms with van der Waals surface area (Å²) >= 11 is 5.61. The Hall–Kier alpha value is -3.23. The summed E-state index contributed by atoms with van der Waals surface area (Å²) < 4.78 is 0. The van der Waals surface area contributed by atoms with Gasteiger partial charge >= 0.3 is 5.97 Å². The smallest absolute Gasteiger partial charge is 0.326 e. The van der Waals surface area contributed by atoms with Crippen LogP contribution in [0, 0.1) is 0 Å². The van der Waals surface area contributed by atoms with Crippen LogP contribution in [0.3, 0.4) is 0 Å². The third-order valence-corrected chi connectivity index (χ3v) is 6.39. The molecular weight excluding hydrogens is 520 g/mol. The standard InChI is InChI=1S/C23H32N6O6S2/c1-37-7-6-17(21(32)28-18(23(34)35)9-14-10-25-12-26-14)27-22(33)19(11-36)29-20(31)16(24)8-13-2-4-15(30)5-3-13/h2-5,10,12,16-19,30,36H,6-9,11,24H2,1H3,(H,25,26)(H,27,33)(H,28,32)(H,29,31)(H,34,35). The number of carboxylic acids is 1. The number of phenols is 1. The van der Waals surface area contributed by atoms with Crippen LogP contribution < -0.4 is 21.7 Å². The van der Waals surface area contributed by atoms with Gasteiger partial charge < -0.3 is 36.9 Å². The van der Waals surface area contributed by atoms with E-state index >= 15 is 0 Å². The molecule has 2 rings (SSSR count). The van der Waals surface area contributed by atoms with Gasteiger partial charge in [-0.3, -0.25) is 14.4 Å². The largest absolute Gasteiger partial charge is 0.508 e. The molecule has 0 aliphatic carbocycles. The van der Waals surface area contributed by atoms with Crippen molar-refractivity contribution in [3.63, 3.8) is 0 Å². The predicted octanol–water partition coefficient (Wildman–Crippen LogP) is -0.550. The molecule has 1 aromatic carbocycles. The zero-order chi connectivity index (χ0) is 27.4. The lowest BCUT2D eigenvalue weighted by atomic mass is 10.1. The van der Waals surface area contributed by atoms with Crippen molar-refractivity contribution in [2.24, 2.45) is 5.73 Å². The molecule has 2 aromatic rings. The van der Waals surface area contributed by atoms with E-state index in [-0.39, 0.29) is 30.8 Å². The number of hydrogen-bond donors (Lipinski definition) is 8. The molecule has 14 heteroatoms. The van der Waals surface area contributed by atoms with Crippen LogP contribution in [0.25, 0.3) is 0 Å². The summed E-state index contributed by atoms with van der Waals surface area (Å²) in [6.07, 6.45) is 5.10. The number of phenolic OH excluding ortho intramolecular Hbond substituents is 1. The second-order valence-corrected chi connectivity index (χ2v) is 9.59. The van der Waals surface area contributed by atoms with Crippen LogP contribution in [-0.4, -0.2) is 85.8 Å². The fourth-order valence-electron chi connectivity index (χ4n) is 3.32. The first-order valence-corrected chi connectivity index (χ1v) is 13.4. The Morgan fingerprint density at radius 2 is 1.65 bits per heavy atom. The van der Waals surface area contributed by atoms with E-state index in [1.807, 2.05) is 6.26 Å². The Bertz CT molecular complexity index is 1040. The summed E-state index contributed by atoms with van der Waals surface area (Å²) in [4.78, 5) is 56.8. The van der Waals surface area contributed by atoms with E-state index in [1.54, 1.807) is 12.1 Å². The molecule has 1 heterocycles. The number of nitrogens with zero attached hydrogens (tertiary/aromatic N) is 1. The van der Waals surface area contributed by atoms with Gasteiger partial charge in [-0.05, 0) is 42.5 Å². The number of benzene rings is 1. The highest BCUT2D eigenvalue weighted by atomic mass is 32.2. The van der Waals surface area contributed by atoms with E-state index in [0.29, 0.717) is 11.4 Å². The Morgan fingerprint density at radius 1 is 1.03 bits per heavy atom. The number of rotatable bonds is 15. The Kier molecular flexibility index (Phi) is 12.3. The number of carbonyl (C=O) groups is 4. The van der Waals surface area contributed by atoms with Crippen LogP contribution in [0.15, 0.2) is 36.8 Å². The average Bonchev–Trinajstić information content (AvgIpc) is 3.38. The van der Waals surface area contributed by atoms with Crippen molar-refractivity contribution in [2.75, 3.05) is 17.8 Å². The molecule has 0 saturated carbocycles. The van der Waals surface area contributed by atoms with Crippen LogP contribution >= 0.6 is 24.4 Å². The molecule has 0 saturated heterocycles. The third kappa shape index (κ3) is 9.98. The molecular formula is C23H32N6O6S2. The lowest BCUT2D eigenvalue weighted by Gasteiger charge is -2.24. The number of nitrogens with two attached hydrogens (primary N) is 1. The van der Waals surface area contributed by atoms with Gasteiger partial charge in [0.2, 0.25) is 17.7 Å². The number of imidazole rings is 1. The van der Waals surface area contributed by atoms with Gasteiger partial charge in [0.25, 0.3) is 0 Å². The molecule has 0 spiro atoms. The van der Waals surface area contributed by atoms with Crippen LogP contribution in [0.1, 0.15) is 17.7 Å². The lowest BCUT2D eigenvalue weighted by Crippen LogP contribution is -2.58. The van der Waals surface area contributed by atoms with E-state index in [0.717, 1.165) is 5.56 Å². The molecule has 0 fully saturated rings. The number of aromatic hydroxyl groups is 1. The van der Waals surface area contributed by atoms with Crippen molar-refractivity contribution >= 4 is 48.1 Å². The third-order valence-electron chi connectivity index (χ3n) is 5.38. The molecule has 0 aliphatic rings. The Balaban J connectivity index is 2.01. The Morgan fingerprint density at radius 3 is 2.22 bits per heavy atom. The number of amides is 3. The van der Waals surface area contributed by atoms with E-state index < -0.39 is 47.9 Å². The summed E-state index contributed by atoms with van der Waals surface area (Å²) in [5.74, 6) is -2.59. The molecule has 8 N–H and O–H groups in total. The number of aromatic nitrogens is 2. The van der Waals surface area contributed by atoms with Gasteiger partial charge in [0, 0.05) is 24.1 Å². The normalized spacial score (nSPS) is 14.1. The minimum absolute atomic E-state index is 0.0154. The number of aliphatic carboxylic acids is 1. The van der Waals surface area contributed by atoms with Crippen molar-refractivity contribution in [1.82, 2.24) is 25.9 Å². The molecule has 0 bridgehead atoms. The van der Waals surface area contributed by atoms with E-state index in [9.17, 15) is 29.4 Å². The first-order chi connectivity index (χ1) is 17.6. The zero-order valence-corrected chi connectivity index (χ0v) is 21.9. The van der Waals surface area contributed by atoms with Crippen LogP contribution in [0.2, 0.25) is 0 Å². The number of thioether (sulfide) groups is 1. The molecule has 4 atom stereocenters. The minimum atomic E-state index is -1.24. The maximum absolute atomic E-state index is 12.9. The molecule has 3 amide bonds. The van der Waals surface area contributed by atoms with Crippen LogP contribution in [0.5, 0.6) is 5.75 Å². The van der Waals surface area contributed by atoms with Gasteiger partial charge in [0.15, 0.2) is 0 Å². The van der Waals surface area contributed by atoms with Gasteiger partial charge in [-0.25, -0.2) is 9.78 Å². The first kappa shape index (κ1) is 30.0. The molecule has 1 aromatic heterocycles. The number of hydrogen-bond acceptors (Lipinski definition) is 9. The van der Waals surface area contributed by atoms with Gasteiger partial charge in [-0.15, -0.1) is 0 Å². The zero-order valence-electron chi connectivity index (χ0n) is 20.2. The van der Waals surface area contributed by atoms with E-state index in [1.165, 1.54) is 36.4 Å².